The second-order valence-corrected chi connectivity index (χ2v) is 5.54. The van der Waals surface area contributed by atoms with E-state index in [2.05, 4.69) is 0 Å². The number of nitrogens with zero attached hydrogens (tertiary/aromatic N) is 1. The predicted octanol–water partition coefficient (Wildman–Crippen LogP) is 3.39. The lowest BCUT2D eigenvalue weighted by Gasteiger charge is -2.34. The molecule has 0 aliphatic rings. The van der Waals surface area contributed by atoms with Gasteiger partial charge in [0.25, 0.3) is 0 Å². The summed E-state index contributed by atoms with van der Waals surface area (Å²) >= 11 is 0. The number of carbonyl (C=O) groups is 1. The van der Waals surface area contributed by atoms with Gasteiger partial charge in [-0.15, -0.1) is 0 Å². The first-order chi connectivity index (χ1) is 8.81. The standard InChI is InChI=1S/C16H25NO2/c1-7-16(4,17(5)6)15(18)13-8-10-14(11-9-13)19-12(2)3/h8-12H,7H2,1-6H3. The van der Waals surface area contributed by atoms with Crippen LogP contribution in [0.5, 0.6) is 5.75 Å². The molecule has 0 aromatic heterocycles. The third kappa shape index (κ3) is 3.57. The lowest BCUT2D eigenvalue weighted by molar-refractivity contribution is 0.0710. The van der Waals surface area contributed by atoms with Crippen LogP contribution in [0, 0.1) is 0 Å². The third-order valence-electron chi connectivity index (χ3n) is 3.65. The number of likely N-dealkylation sites (N-methyl/N-ethyl adjacent to an activating group) is 1. The van der Waals surface area contributed by atoms with Gasteiger partial charge in [0.15, 0.2) is 5.78 Å². The van der Waals surface area contributed by atoms with Crippen molar-refractivity contribution in [3.8, 4) is 5.75 Å². The fraction of sp³-hybridized carbons (Fsp3) is 0.562. The highest BCUT2D eigenvalue weighted by molar-refractivity contribution is 6.03. The average molecular weight is 263 g/mol. The van der Waals surface area contributed by atoms with Crippen molar-refractivity contribution >= 4 is 5.78 Å². The number of ether oxygens (including phenoxy) is 1. The van der Waals surface area contributed by atoms with Gasteiger partial charge in [0.2, 0.25) is 0 Å². The molecule has 1 aromatic carbocycles. The molecule has 0 spiro atoms. The first-order valence-corrected chi connectivity index (χ1v) is 6.80. The summed E-state index contributed by atoms with van der Waals surface area (Å²) in [6.07, 6.45) is 0.924. The smallest absolute Gasteiger partial charge is 0.182 e. The first-order valence-electron chi connectivity index (χ1n) is 6.80. The minimum Gasteiger partial charge on any atom is -0.491 e. The summed E-state index contributed by atoms with van der Waals surface area (Å²) in [6.45, 7) is 7.99. The van der Waals surface area contributed by atoms with Crippen LogP contribution in [0.1, 0.15) is 44.5 Å². The Kier molecular flexibility index (Phi) is 5.12. The van der Waals surface area contributed by atoms with Gasteiger partial charge in [-0.05, 0) is 65.6 Å². The Morgan fingerprint density at radius 1 is 1.26 bits per heavy atom. The molecule has 0 saturated heterocycles. The Morgan fingerprint density at radius 3 is 2.16 bits per heavy atom. The van der Waals surface area contributed by atoms with E-state index in [-0.39, 0.29) is 11.9 Å². The van der Waals surface area contributed by atoms with Crippen LogP contribution in [-0.4, -0.2) is 36.4 Å². The van der Waals surface area contributed by atoms with Crippen molar-refractivity contribution < 1.29 is 9.53 Å². The van der Waals surface area contributed by atoms with E-state index in [9.17, 15) is 4.79 Å². The fourth-order valence-electron chi connectivity index (χ4n) is 1.95. The van der Waals surface area contributed by atoms with E-state index in [1.165, 1.54) is 0 Å². The molecule has 1 aromatic rings. The van der Waals surface area contributed by atoms with Crippen LogP contribution in [0.4, 0.5) is 0 Å². The number of hydrogen-bond donors (Lipinski definition) is 0. The van der Waals surface area contributed by atoms with Crippen molar-refractivity contribution in [2.75, 3.05) is 14.1 Å². The summed E-state index contributed by atoms with van der Waals surface area (Å²) in [4.78, 5) is 14.6. The molecule has 0 bridgehead atoms. The maximum Gasteiger partial charge on any atom is 0.182 e. The zero-order valence-electron chi connectivity index (χ0n) is 12.9. The molecule has 106 valence electrons. The highest BCUT2D eigenvalue weighted by Gasteiger charge is 2.34. The molecule has 1 atom stereocenters. The summed E-state index contributed by atoms with van der Waals surface area (Å²) in [5.74, 6) is 0.950. The van der Waals surface area contributed by atoms with Gasteiger partial charge in [-0.3, -0.25) is 9.69 Å². The molecule has 0 amide bonds. The van der Waals surface area contributed by atoms with Crippen LogP contribution in [0.2, 0.25) is 0 Å². The van der Waals surface area contributed by atoms with Crippen molar-refractivity contribution in [1.29, 1.82) is 0 Å². The van der Waals surface area contributed by atoms with Crippen LogP contribution >= 0.6 is 0 Å². The summed E-state index contributed by atoms with van der Waals surface area (Å²) in [5, 5.41) is 0. The molecule has 3 heteroatoms. The normalized spacial score (nSPS) is 14.5. The molecule has 0 fully saturated rings. The van der Waals surface area contributed by atoms with Gasteiger partial charge in [-0.1, -0.05) is 6.92 Å². The molecule has 3 nitrogen and oxygen atoms in total. The van der Waals surface area contributed by atoms with E-state index in [1.807, 2.05) is 71.0 Å². The molecular formula is C16H25NO2. The van der Waals surface area contributed by atoms with E-state index in [1.54, 1.807) is 0 Å². The van der Waals surface area contributed by atoms with Gasteiger partial charge in [0.05, 0.1) is 11.6 Å². The highest BCUT2D eigenvalue weighted by Crippen LogP contribution is 2.23. The van der Waals surface area contributed by atoms with Crippen LogP contribution < -0.4 is 4.74 Å². The Bertz CT molecular complexity index is 423. The van der Waals surface area contributed by atoms with Crippen LogP contribution in [0.15, 0.2) is 24.3 Å². The Balaban J connectivity index is 2.94. The molecule has 0 N–H and O–H groups in total. The quantitative estimate of drug-likeness (QED) is 0.737. The van der Waals surface area contributed by atoms with E-state index in [4.69, 9.17) is 4.74 Å². The maximum atomic E-state index is 12.6. The van der Waals surface area contributed by atoms with Gasteiger partial charge in [-0.2, -0.15) is 0 Å². The van der Waals surface area contributed by atoms with Gasteiger partial charge >= 0.3 is 0 Å². The highest BCUT2D eigenvalue weighted by atomic mass is 16.5. The first kappa shape index (κ1) is 15.7. The molecule has 0 heterocycles. The number of Topliss-reactive ketones (excluding diaryl/α,β-unsaturated/α-hetero) is 1. The van der Waals surface area contributed by atoms with Gasteiger partial charge in [0.1, 0.15) is 5.75 Å². The topological polar surface area (TPSA) is 29.5 Å². The van der Waals surface area contributed by atoms with Crippen molar-refractivity contribution in [2.45, 2.75) is 45.8 Å². The minimum absolute atomic E-state index is 0.143. The predicted molar refractivity (Wildman–Crippen MR) is 78.9 cm³/mol. The Hall–Kier alpha value is -1.35. The molecule has 0 saturated carbocycles. The number of hydrogen-bond acceptors (Lipinski definition) is 3. The lowest BCUT2D eigenvalue weighted by Crippen LogP contribution is -2.48. The number of rotatable bonds is 6. The van der Waals surface area contributed by atoms with E-state index < -0.39 is 5.54 Å². The Morgan fingerprint density at radius 2 is 1.79 bits per heavy atom. The summed E-state index contributed by atoms with van der Waals surface area (Å²) in [6, 6.07) is 7.41. The second-order valence-electron chi connectivity index (χ2n) is 5.54. The molecule has 0 aliphatic heterocycles. The Labute approximate surface area is 116 Å². The zero-order chi connectivity index (χ0) is 14.6. The molecule has 0 aliphatic carbocycles. The molecule has 0 radical (unpaired) electrons. The van der Waals surface area contributed by atoms with Crippen LogP contribution in [-0.2, 0) is 0 Å². The van der Waals surface area contributed by atoms with Gasteiger partial charge in [-0.25, -0.2) is 0 Å². The van der Waals surface area contributed by atoms with Gasteiger partial charge in [0, 0.05) is 5.56 Å². The second kappa shape index (κ2) is 6.20. The summed E-state index contributed by atoms with van der Waals surface area (Å²) in [7, 11) is 3.88. The van der Waals surface area contributed by atoms with Crippen molar-refractivity contribution in [3.05, 3.63) is 29.8 Å². The zero-order valence-corrected chi connectivity index (χ0v) is 12.9. The largest absolute Gasteiger partial charge is 0.491 e. The van der Waals surface area contributed by atoms with Crippen molar-refractivity contribution in [1.82, 2.24) is 4.90 Å². The molecular weight excluding hydrogens is 238 g/mol. The SMILES string of the molecule is CCC(C)(C(=O)c1ccc(OC(C)C)cc1)N(C)C. The van der Waals surface area contributed by atoms with Gasteiger partial charge < -0.3 is 4.74 Å². The summed E-state index contributed by atoms with van der Waals surface area (Å²) in [5.41, 5.74) is 0.273. The maximum absolute atomic E-state index is 12.6. The summed E-state index contributed by atoms with van der Waals surface area (Å²) < 4.78 is 5.59. The van der Waals surface area contributed by atoms with Crippen molar-refractivity contribution in [3.63, 3.8) is 0 Å². The third-order valence-corrected chi connectivity index (χ3v) is 3.65. The van der Waals surface area contributed by atoms with Crippen LogP contribution in [0.25, 0.3) is 0 Å². The van der Waals surface area contributed by atoms with E-state index >= 15 is 0 Å². The van der Waals surface area contributed by atoms with E-state index in [0.717, 1.165) is 17.7 Å². The van der Waals surface area contributed by atoms with Crippen LogP contribution in [0.3, 0.4) is 0 Å². The van der Waals surface area contributed by atoms with Crippen molar-refractivity contribution in [2.24, 2.45) is 0 Å². The molecule has 1 unspecified atom stereocenters. The number of benzene rings is 1. The fourth-order valence-corrected chi connectivity index (χ4v) is 1.95. The monoisotopic (exact) mass is 263 g/mol. The number of ketones is 1. The molecule has 19 heavy (non-hydrogen) atoms. The number of carbonyl (C=O) groups excluding carboxylic acids is 1. The molecule has 1 rings (SSSR count). The average Bonchev–Trinajstić information content (AvgIpc) is 2.37. The lowest BCUT2D eigenvalue weighted by atomic mass is 9.87. The van der Waals surface area contributed by atoms with E-state index in [0.29, 0.717) is 0 Å². The minimum atomic E-state index is -0.458.